The summed E-state index contributed by atoms with van der Waals surface area (Å²) < 4.78 is 35.1. The van der Waals surface area contributed by atoms with Crippen LogP contribution in [-0.4, -0.2) is 57.5 Å². The second-order valence-electron chi connectivity index (χ2n) is 10.0. The van der Waals surface area contributed by atoms with Crippen LogP contribution in [-0.2, 0) is 6.42 Å². The Morgan fingerprint density at radius 3 is 2.62 bits per heavy atom. The number of aromatic nitrogens is 3. The van der Waals surface area contributed by atoms with Crippen LogP contribution in [0.15, 0.2) is 53.3 Å². The summed E-state index contributed by atoms with van der Waals surface area (Å²) in [7, 11) is 0. The van der Waals surface area contributed by atoms with Crippen molar-refractivity contribution in [2.75, 3.05) is 29.9 Å². The lowest BCUT2D eigenvalue weighted by Gasteiger charge is -2.35. The van der Waals surface area contributed by atoms with Gasteiger partial charge >= 0.3 is 6.01 Å². The summed E-state index contributed by atoms with van der Waals surface area (Å²) in [5.41, 5.74) is 2.55. The molecule has 0 saturated carbocycles. The maximum absolute atomic E-state index is 14.8. The number of carbonyl (C=O) groups excluding carboxylic acids is 1. The summed E-state index contributed by atoms with van der Waals surface area (Å²) in [6, 6.07) is 9.32. The van der Waals surface area contributed by atoms with Crippen molar-refractivity contribution in [3.8, 4) is 11.3 Å². The molecule has 12 heteroatoms. The number of amides is 1. The van der Waals surface area contributed by atoms with E-state index in [1.807, 2.05) is 13.8 Å². The number of fused-ring (bicyclic) bond motifs is 3. The van der Waals surface area contributed by atoms with Crippen LogP contribution in [0.1, 0.15) is 29.9 Å². The van der Waals surface area contributed by atoms with Crippen molar-refractivity contribution < 1.29 is 18.0 Å². The van der Waals surface area contributed by atoms with Crippen molar-refractivity contribution >= 4 is 40.8 Å². The molecule has 2 aromatic carbocycles. The number of halogens is 3. The lowest BCUT2D eigenvalue weighted by atomic mass is 10.0. The molecule has 0 radical (unpaired) electrons. The molecular formula is C28H26ClF2N7O2. The van der Waals surface area contributed by atoms with E-state index in [2.05, 4.69) is 20.6 Å². The summed E-state index contributed by atoms with van der Waals surface area (Å²) in [4.78, 5) is 29.7. The van der Waals surface area contributed by atoms with Crippen LogP contribution < -0.4 is 15.5 Å². The van der Waals surface area contributed by atoms with Gasteiger partial charge in [-0.25, -0.2) is 18.7 Å². The number of carbonyl (C=O) groups is 1. The third-order valence-corrected chi connectivity index (χ3v) is 7.20. The van der Waals surface area contributed by atoms with E-state index in [0.717, 1.165) is 5.56 Å². The molecule has 1 fully saturated rings. The minimum absolute atomic E-state index is 0.0690. The van der Waals surface area contributed by atoms with Gasteiger partial charge in [0.1, 0.15) is 23.6 Å². The third-order valence-electron chi connectivity index (χ3n) is 6.97. The number of benzene rings is 2. The Morgan fingerprint density at radius 1 is 1.12 bits per heavy atom. The van der Waals surface area contributed by atoms with Gasteiger partial charge in [-0.2, -0.15) is 4.98 Å². The molecule has 2 unspecified atom stereocenters. The van der Waals surface area contributed by atoms with Crippen LogP contribution in [0.5, 0.6) is 0 Å². The summed E-state index contributed by atoms with van der Waals surface area (Å²) in [5, 5.41) is 6.75. The summed E-state index contributed by atoms with van der Waals surface area (Å²) in [6.07, 6.45) is 3.39. The SMILES string of the molecule is CC1CN(C(=O)c2coc(Nc3ncc4c(n3)-c3ccc(Cl)cc3N(c3c(F)cccc3F)CC4)n2)CC(C)N1. The Labute approximate surface area is 234 Å². The van der Waals surface area contributed by atoms with Crippen LogP contribution in [0.2, 0.25) is 5.02 Å². The fourth-order valence-corrected chi connectivity index (χ4v) is 5.49. The number of oxazole rings is 1. The second-order valence-corrected chi connectivity index (χ2v) is 10.5. The van der Waals surface area contributed by atoms with E-state index in [-0.39, 0.29) is 47.9 Å². The molecule has 0 spiro atoms. The number of anilines is 4. The second kappa shape index (κ2) is 10.5. The standard InChI is InChI=1S/C28H26ClF2N7O2/c1-15-12-37(13-16(2)33-15)26(39)22-14-40-28(34-22)36-27-32-11-17-8-9-38(25-20(30)4-3-5-21(25)31)23-10-18(29)6-7-19(23)24(17)35-27/h3-7,10-11,14-16,33H,8-9,12-13H2,1-2H3,(H,32,34,35,36). The average molecular weight is 566 g/mol. The fraction of sp³-hybridized carbons (Fsp3) is 0.286. The smallest absolute Gasteiger partial charge is 0.302 e. The number of hydrogen-bond donors (Lipinski definition) is 2. The van der Waals surface area contributed by atoms with E-state index >= 15 is 0 Å². The van der Waals surface area contributed by atoms with E-state index in [9.17, 15) is 13.6 Å². The minimum Gasteiger partial charge on any atom is -0.431 e. The first-order chi connectivity index (χ1) is 19.3. The predicted octanol–water partition coefficient (Wildman–Crippen LogP) is 5.32. The van der Waals surface area contributed by atoms with Gasteiger partial charge in [-0.3, -0.25) is 10.1 Å². The Balaban J connectivity index is 1.30. The first-order valence-electron chi connectivity index (χ1n) is 12.9. The van der Waals surface area contributed by atoms with E-state index in [1.54, 1.807) is 34.2 Å². The number of nitrogens with one attached hydrogen (secondary N) is 2. The van der Waals surface area contributed by atoms with Crippen molar-refractivity contribution in [1.29, 1.82) is 0 Å². The quantitative estimate of drug-likeness (QED) is 0.343. The molecule has 1 amide bonds. The predicted molar refractivity (Wildman–Crippen MR) is 147 cm³/mol. The van der Waals surface area contributed by atoms with E-state index in [4.69, 9.17) is 21.0 Å². The zero-order valence-electron chi connectivity index (χ0n) is 21.8. The summed E-state index contributed by atoms with van der Waals surface area (Å²) >= 11 is 6.31. The Kier molecular flexibility index (Phi) is 6.85. The molecule has 40 heavy (non-hydrogen) atoms. The maximum Gasteiger partial charge on any atom is 0.302 e. The molecule has 4 aromatic rings. The van der Waals surface area contributed by atoms with Gasteiger partial charge in [0.2, 0.25) is 5.95 Å². The molecule has 1 saturated heterocycles. The minimum atomic E-state index is -0.677. The van der Waals surface area contributed by atoms with Gasteiger partial charge < -0.3 is 19.5 Å². The van der Waals surface area contributed by atoms with E-state index < -0.39 is 11.6 Å². The first kappa shape index (κ1) is 26.1. The molecule has 9 nitrogen and oxygen atoms in total. The number of para-hydroxylation sites is 1. The van der Waals surface area contributed by atoms with Gasteiger partial charge in [-0.1, -0.05) is 17.7 Å². The van der Waals surface area contributed by atoms with Gasteiger partial charge in [0, 0.05) is 48.5 Å². The summed E-state index contributed by atoms with van der Waals surface area (Å²) in [6.45, 7) is 5.48. The largest absolute Gasteiger partial charge is 0.431 e. The topological polar surface area (TPSA) is 99.4 Å². The van der Waals surface area contributed by atoms with Crippen LogP contribution in [0.25, 0.3) is 11.3 Å². The van der Waals surface area contributed by atoms with E-state index in [1.165, 1.54) is 24.5 Å². The molecular weight excluding hydrogens is 540 g/mol. The van der Waals surface area contributed by atoms with Gasteiger partial charge in [-0.15, -0.1) is 0 Å². The highest BCUT2D eigenvalue weighted by atomic mass is 35.5. The number of piperazine rings is 1. The van der Waals surface area contributed by atoms with Gasteiger partial charge in [0.05, 0.1) is 11.4 Å². The zero-order valence-corrected chi connectivity index (χ0v) is 22.5. The molecule has 2 N–H and O–H groups in total. The van der Waals surface area contributed by atoms with Crippen LogP contribution in [0.3, 0.4) is 0 Å². The van der Waals surface area contributed by atoms with Crippen molar-refractivity contribution in [3.05, 3.63) is 76.8 Å². The molecule has 2 aromatic heterocycles. The van der Waals surface area contributed by atoms with Crippen molar-refractivity contribution in [1.82, 2.24) is 25.2 Å². The molecule has 2 atom stereocenters. The van der Waals surface area contributed by atoms with Crippen LogP contribution in [0.4, 0.5) is 32.1 Å². The number of rotatable bonds is 4. The zero-order chi connectivity index (χ0) is 28.0. The molecule has 0 aliphatic carbocycles. The molecule has 206 valence electrons. The average Bonchev–Trinajstić information content (AvgIpc) is 3.32. The third kappa shape index (κ3) is 4.98. The van der Waals surface area contributed by atoms with Crippen molar-refractivity contribution in [2.45, 2.75) is 32.4 Å². The highest BCUT2D eigenvalue weighted by Crippen LogP contribution is 2.42. The Morgan fingerprint density at radius 2 is 1.88 bits per heavy atom. The van der Waals surface area contributed by atoms with Crippen LogP contribution >= 0.6 is 11.6 Å². The Hall–Kier alpha value is -4.09. The number of nitrogens with zero attached hydrogens (tertiary/aromatic N) is 5. The van der Waals surface area contributed by atoms with Gasteiger partial charge in [-0.05, 0) is 56.2 Å². The normalized spacial score (nSPS) is 18.6. The number of hydrogen-bond acceptors (Lipinski definition) is 8. The Bertz CT molecular complexity index is 1570. The molecule has 2 aliphatic heterocycles. The molecule has 0 bridgehead atoms. The first-order valence-corrected chi connectivity index (χ1v) is 13.3. The monoisotopic (exact) mass is 565 g/mol. The van der Waals surface area contributed by atoms with Crippen LogP contribution in [0, 0.1) is 11.6 Å². The fourth-order valence-electron chi connectivity index (χ4n) is 5.32. The molecule has 2 aliphatic rings. The van der Waals surface area contributed by atoms with E-state index in [0.29, 0.717) is 41.5 Å². The highest BCUT2D eigenvalue weighted by molar-refractivity contribution is 6.31. The lowest BCUT2D eigenvalue weighted by Crippen LogP contribution is -2.55. The maximum atomic E-state index is 14.8. The highest BCUT2D eigenvalue weighted by Gasteiger charge is 2.29. The summed E-state index contributed by atoms with van der Waals surface area (Å²) in [5.74, 6) is -1.38. The molecule has 4 heterocycles. The van der Waals surface area contributed by atoms with Gasteiger partial charge in [0.15, 0.2) is 5.69 Å². The molecule has 6 rings (SSSR count). The van der Waals surface area contributed by atoms with Crippen molar-refractivity contribution in [3.63, 3.8) is 0 Å². The van der Waals surface area contributed by atoms with Crippen molar-refractivity contribution in [2.24, 2.45) is 0 Å². The van der Waals surface area contributed by atoms with Gasteiger partial charge in [0.25, 0.3) is 5.91 Å². The lowest BCUT2D eigenvalue weighted by molar-refractivity contribution is 0.0668.